The van der Waals surface area contributed by atoms with Gasteiger partial charge in [0.2, 0.25) is 5.13 Å². The van der Waals surface area contributed by atoms with Crippen LogP contribution in [-0.4, -0.2) is 24.9 Å². The number of benzene rings is 1. The van der Waals surface area contributed by atoms with Gasteiger partial charge in [0, 0.05) is 11.8 Å². The molecule has 0 amide bonds. The maximum Gasteiger partial charge on any atom is 0.203 e. The van der Waals surface area contributed by atoms with Gasteiger partial charge in [-0.25, -0.2) is 4.98 Å². The molecule has 0 spiro atoms. The maximum atomic E-state index is 8.53. The number of anilines is 1. The second-order valence-electron chi connectivity index (χ2n) is 5.04. The van der Waals surface area contributed by atoms with Crippen molar-refractivity contribution < 1.29 is 9.47 Å². The number of hydrazone groups is 1. The first-order chi connectivity index (χ1) is 11.7. The van der Waals surface area contributed by atoms with E-state index in [-0.39, 0.29) is 0 Å². The van der Waals surface area contributed by atoms with Crippen LogP contribution in [0.4, 0.5) is 5.13 Å². The molecule has 6 nitrogen and oxygen atoms in total. The van der Waals surface area contributed by atoms with Crippen molar-refractivity contribution in [2.24, 2.45) is 5.10 Å². The van der Waals surface area contributed by atoms with Crippen molar-refractivity contribution in [1.29, 1.82) is 5.26 Å². The summed E-state index contributed by atoms with van der Waals surface area (Å²) >= 11 is 1.51. The summed E-state index contributed by atoms with van der Waals surface area (Å²) in [7, 11) is 1.61. The Morgan fingerprint density at radius 2 is 2.25 bits per heavy atom. The SMILES string of the molecule is COc1ccc(C=NNc2nc(C)cs2)cc1OCCCCC#N. The summed E-state index contributed by atoms with van der Waals surface area (Å²) in [4.78, 5) is 4.28. The maximum absolute atomic E-state index is 8.53. The van der Waals surface area contributed by atoms with Crippen LogP contribution < -0.4 is 14.9 Å². The summed E-state index contributed by atoms with van der Waals surface area (Å²) in [5.74, 6) is 1.35. The highest BCUT2D eigenvalue weighted by atomic mass is 32.1. The first kappa shape index (κ1) is 17.8. The molecule has 1 N–H and O–H groups in total. The van der Waals surface area contributed by atoms with E-state index in [0.29, 0.717) is 24.5 Å². The van der Waals surface area contributed by atoms with Crippen LogP contribution in [0.5, 0.6) is 11.5 Å². The van der Waals surface area contributed by atoms with Crippen molar-refractivity contribution in [3.8, 4) is 17.6 Å². The average molecular weight is 344 g/mol. The topological polar surface area (TPSA) is 79.5 Å². The smallest absolute Gasteiger partial charge is 0.203 e. The third kappa shape index (κ3) is 5.56. The molecule has 1 aromatic carbocycles. The van der Waals surface area contributed by atoms with Crippen molar-refractivity contribution >= 4 is 22.7 Å². The third-order valence-electron chi connectivity index (χ3n) is 3.12. The fraction of sp³-hybridized carbons (Fsp3) is 0.353. The molecular weight excluding hydrogens is 324 g/mol. The van der Waals surface area contributed by atoms with E-state index in [9.17, 15) is 0 Å². The number of aryl methyl sites for hydroxylation is 1. The van der Waals surface area contributed by atoms with Crippen LogP contribution in [0.1, 0.15) is 30.5 Å². The zero-order valence-corrected chi connectivity index (χ0v) is 14.6. The highest BCUT2D eigenvalue weighted by Gasteiger charge is 2.05. The molecule has 1 aromatic heterocycles. The molecule has 0 atom stereocenters. The normalized spacial score (nSPS) is 10.5. The van der Waals surface area contributed by atoms with Gasteiger partial charge in [0.1, 0.15) is 0 Å². The zero-order chi connectivity index (χ0) is 17.2. The van der Waals surface area contributed by atoms with Crippen molar-refractivity contribution in [3.05, 3.63) is 34.8 Å². The lowest BCUT2D eigenvalue weighted by Crippen LogP contribution is -2.00. The minimum Gasteiger partial charge on any atom is -0.493 e. The number of thiazole rings is 1. The Hall–Kier alpha value is -2.59. The largest absolute Gasteiger partial charge is 0.493 e. The first-order valence-corrected chi connectivity index (χ1v) is 8.50. The molecule has 2 aromatic rings. The lowest BCUT2D eigenvalue weighted by Gasteiger charge is -2.11. The number of methoxy groups -OCH3 is 1. The van der Waals surface area contributed by atoms with Gasteiger partial charge in [0.05, 0.1) is 31.7 Å². The molecule has 0 aliphatic rings. The number of hydrogen-bond donors (Lipinski definition) is 1. The lowest BCUT2D eigenvalue weighted by molar-refractivity contribution is 0.287. The van der Waals surface area contributed by atoms with Crippen LogP contribution in [0, 0.1) is 18.3 Å². The highest BCUT2D eigenvalue weighted by molar-refractivity contribution is 7.13. The summed E-state index contributed by atoms with van der Waals surface area (Å²) in [5.41, 5.74) is 4.76. The van der Waals surface area contributed by atoms with Gasteiger partial charge in [-0.3, -0.25) is 5.43 Å². The molecule has 0 aliphatic carbocycles. The van der Waals surface area contributed by atoms with Crippen LogP contribution in [0.15, 0.2) is 28.7 Å². The van der Waals surface area contributed by atoms with Gasteiger partial charge in [-0.15, -0.1) is 11.3 Å². The van der Waals surface area contributed by atoms with E-state index in [1.165, 1.54) is 11.3 Å². The van der Waals surface area contributed by atoms with Crippen LogP contribution >= 0.6 is 11.3 Å². The van der Waals surface area contributed by atoms with E-state index in [0.717, 1.165) is 29.2 Å². The van der Waals surface area contributed by atoms with Gasteiger partial charge in [-0.1, -0.05) is 0 Å². The van der Waals surface area contributed by atoms with Crippen LogP contribution in [0.3, 0.4) is 0 Å². The summed E-state index contributed by atoms with van der Waals surface area (Å²) in [6.07, 6.45) is 3.92. The number of ether oxygens (including phenoxy) is 2. The fourth-order valence-corrected chi connectivity index (χ4v) is 2.58. The minimum absolute atomic E-state index is 0.551. The Kier molecular flexibility index (Phi) is 7.05. The van der Waals surface area contributed by atoms with Gasteiger partial charge in [-0.2, -0.15) is 10.4 Å². The van der Waals surface area contributed by atoms with Crippen molar-refractivity contribution in [1.82, 2.24) is 4.98 Å². The Balaban J connectivity index is 1.95. The Morgan fingerprint density at radius 3 is 2.96 bits per heavy atom. The van der Waals surface area contributed by atoms with E-state index in [4.69, 9.17) is 14.7 Å². The number of unbranched alkanes of at least 4 members (excludes halogenated alkanes) is 2. The predicted molar refractivity (Wildman–Crippen MR) is 96.0 cm³/mol. The minimum atomic E-state index is 0.551. The number of hydrogen-bond acceptors (Lipinski definition) is 7. The van der Waals surface area contributed by atoms with E-state index in [2.05, 4.69) is 21.6 Å². The standard InChI is InChI=1S/C17H20N4O2S/c1-13-12-24-17(20-13)21-19-11-14-6-7-15(22-2)16(10-14)23-9-5-3-4-8-18/h6-7,10-12H,3-5,9H2,1-2H3,(H,20,21). The van der Waals surface area contributed by atoms with Crippen LogP contribution in [-0.2, 0) is 0 Å². The number of nitriles is 1. The monoisotopic (exact) mass is 344 g/mol. The van der Waals surface area contributed by atoms with Gasteiger partial charge < -0.3 is 9.47 Å². The van der Waals surface area contributed by atoms with Gasteiger partial charge >= 0.3 is 0 Å². The molecule has 0 saturated heterocycles. The van der Waals surface area contributed by atoms with E-state index < -0.39 is 0 Å². The summed E-state index contributed by atoms with van der Waals surface area (Å²) in [6.45, 7) is 2.49. The molecule has 0 saturated carbocycles. The number of rotatable bonds is 9. The van der Waals surface area contributed by atoms with Gasteiger partial charge in [-0.05, 0) is 43.5 Å². The Labute approximate surface area is 145 Å². The van der Waals surface area contributed by atoms with Crippen LogP contribution in [0.25, 0.3) is 0 Å². The number of nitrogens with one attached hydrogen (secondary N) is 1. The molecule has 1 heterocycles. The molecule has 7 heteroatoms. The summed E-state index contributed by atoms with van der Waals surface area (Å²) in [5, 5.41) is 15.4. The van der Waals surface area contributed by atoms with Gasteiger partial charge in [0.15, 0.2) is 11.5 Å². The average Bonchev–Trinajstić information content (AvgIpc) is 3.00. The molecular formula is C17H20N4O2S. The Bertz CT molecular complexity index is 722. The van der Waals surface area contributed by atoms with Crippen molar-refractivity contribution in [2.75, 3.05) is 19.1 Å². The van der Waals surface area contributed by atoms with Crippen molar-refractivity contribution in [2.45, 2.75) is 26.2 Å². The van der Waals surface area contributed by atoms with Crippen molar-refractivity contribution in [3.63, 3.8) is 0 Å². The lowest BCUT2D eigenvalue weighted by atomic mass is 10.2. The first-order valence-electron chi connectivity index (χ1n) is 7.62. The predicted octanol–water partition coefficient (Wildman–Crippen LogP) is 3.98. The number of aromatic nitrogens is 1. The Morgan fingerprint density at radius 1 is 1.38 bits per heavy atom. The van der Waals surface area contributed by atoms with Gasteiger partial charge in [0.25, 0.3) is 0 Å². The quantitative estimate of drug-likeness (QED) is 0.423. The molecule has 2 rings (SSSR count). The molecule has 0 radical (unpaired) electrons. The molecule has 0 fully saturated rings. The molecule has 0 unspecified atom stereocenters. The summed E-state index contributed by atoms with van der Waals surface area (Å²) < 4.78 is 11.1. The molecule has 126 valence electrons. The third-order valence-corrected chi connectivity index (χ3v) is 3.99. The van der Waals surface area contributed by atoms with E-state index in [1.807, 2.05) is 30.5 Å². The molecule has 0 bridgehead atoms. The molecule has 24 heavy (non-hydrogen) atoms. The highest BCUT2D eigenvalue weighted by Crippen LogP contribution is 2.27. The fourth-order valence-electron chi connectivity index (χ4n) is 1.94. The number of nitrogens with zero attached hydrogens (tertiary/aromatic N) is 3. The second kappa shape index (κ2) is 9.53. The zero-order valence-electron chi connectivity index (χ0n) is 13.8. The van der Waals surface area contributed by atoms with E-state index >= 15 is 0 Å². The second-order valence-corrected chi connectivity index (χ2v) is 5.90. The van der Waals surface area contributed by atoms with E-state index in [1.54, 1.807) is 13.3 Å². The van der Waals surface area contributed by atoms with Crippen LogP contribution in [0.2, 0.25) is 0 Å². The summed E-state index contributed by atoms with van der Waals surface area (Å²) in [6, 6.07) is 7.75. The molecule has 0 aliphatic heterocycles.